The summed E-state index contributed by atoms with van der Waals surface area (Å²) < 4.78 is 5.33. The fourth-order valence-corrected chi connectivity index (χ4v) is 2.54. The molecule has 1 fully saturated rings. The van der Waals surface area contributed by atoms with Gasteiger partial charge in [0.25, 0.3) is 0 Å². The quantitative estimate of drug-likeness (QED) is 0.469. The van der Waals surface area contributed by atoms with Gasteiger partial charge in [-0.05, 0) is 6.07 Å². The van der Waals surface area contributed by atoms with Gasteiger partial charge in [-0.2, -0.15) is 59.9 Å². The average Bonchev–Trinajstić information content (AvgIpc) is 2.70. The smallest absolute Gasteiger partial charge is 0.384 e. The molecule has 27 heavy (non-hydrogen) atoms. The van der Waals surface area contributed by atoms with E-state index < -0.39 is 0 Å². The Bertz CT molecular complexity index is 809. The first kappa shape index (κ1) is 21.3. The van der Waals surface area contributed by atoms with Gasteiger partial charge in [-0.15, -0.1) is 17.7 Å². The second kappa shape index (κ2) is 11.0. The maximum Gasteiger partial charge on any atom is 2.00 e. The number of aromatic nitrogens is 2. The molecule has 1 saturated heterocycles. The predicted molar refractivity (Wildman–Crippen MR) is 105 cm³/mol. The zero-order valence-corrected chi connectivity index (χ0v) is 19.3. The van der Waals surface area contributed by atoms with Crippen molar-refractivity contribution in [1.29, 1.82) is 0 Å². The van der Waals surface area contributed by atoms with Gasteiger partial charge in [-0.1, -0.05) is 6.07 Å². The molecule has 6 heteroatoms. The topological polar surface area (TPSA) is 64.3 Å². The third-order valence-electron chi connectivity index (χ3n) is 3.87. The molecule has 0 spiro atoms. The predicted octanol–water partition coefficient (Wildman–Crippen LogP) is 3.23. The molecule has 2 N–H and O–H groups in total. The third kappa shape index (κ3) is 6.59. The van der Waals surface area contributed by atoms with Crippen LogP contribution in [0.2, 0.25) is 0 Å². The number of rotatable bonds is 2. The van der Waals surface area contributed by atoms with Gasteiger partial charge >= 0.3 is 31.1 Å². The minimum absolute atomic E-state index is 0. The van der Waals surface area contributed by atoms with E-state index in [0.717, 1.165) is 29.9 Å². The molecule has 0 atom stereocenters. The summed E-state index contributed by atoms with van der Waals surface area (Å²) >= 11 is 0. The van der Waals surface area contributed by atoms with Gasteiger partial charge in [0.15, 0.2) is 0 Å². The molecule has 3 aromatic rings. The Morgan fingerprint density at radius 3 is 2.37 bits per heavy atom. The number of nitrogen functional groups attached to an aromatic ring is 1. The first-order valence-electron chi connectivity index (χ1n) is 8.53. The van der Waals surface area contributed by atoms with Crippen molar-refractivity contribution in [3.8, 4) is 11.3 Å². The van der Waals surface area contributed by atoms with Crippen LogP contribution in [0.4, 0.5) is 11.8 Å². The zero-order valence-electron chi connectivity index (χ0n) is 15.1. The van der Waals surface area contributed by atoms with E-state index in [1.165, 1.54) is 0 Å². The second-order valence-corrected chi connectivity index (χ2v) is 5.86. The Morgan fingerprint density at radius 2 is 1.78 bits per heavy atom. The monoisotopic (exact) mass is 584 g/mol. The first-order valence-corrected chi connectivity index (χ1v) is 8.53. The van der Waals surface area contributed by atoms with Crippen LogP contribution in [0.5, 0.6) is 0 Å². The number of hydrogen-bond donors (Lipinski definition) is 1. The summed E-state index contributed by atoms with van der Waals surface area (Å²) in [5.41, 5.74) is 8.77. The minimum atomic E-state index is 0. The van der Waals surface area contributed by atoms with Crippen LogP contribution in [-0.2, 0) is 4.74 Å². The molecule has 4 rings (SSSR count). The summed E-state index contributed by atoms with van der Waals surface area (Å²) in [7, 11) is 0. The van der Waals surface area contributed by atoms with Crippen LogP contribution >= 0.6 is 0 Å². The van der Waals surface area contributed by atoms with Crippen molar-refractivity contribution < 1.29 is 35.9 Å². The SMILES string of the molecule is Nc1cc(-c2c[c-]ccc2)nc(N2CCOCC2)n1.[CH2-]c1ccccc1.[U+2]. The summed E-state index contributed by atoms with van der Waals surface area (Å²) in [6.45, 7) is 6.71. The average molecular weight is 584 g/mol. The number of morpholine rings is 1. The summed E-state index contributed by atoms with van der Waals surface area (Å²) in [6, 6.07) is 22.4. The molecule has 2 heterocycles. The van der Waals surface area contributed by atoms with Crippen molar-refractivity contribution in [3.05, 3.63) is 79.2 Å². The van der Waals surface area contributed by atoms with Gasteiger partial charge < -0.3 is 15.4 Å². The van der Waals surface area contributed by atoms with E-state index in [4.69, 9.17) is 10.5 Å². The van der Waals surface area contributed by atoms with Crippen molar-refractivity contribution in [2.45, 2.75) is 0 Å². The summed E-state index contributed by atoms with van der Waals surface area (Å²) in [5, 5.41) is 0. The van der Waals surface area contributed by atoms with Gasteiger partial charge in [0.2, 0.25) is 5.95 Å². The normalized spacial score (nSPS) is 13.1. The van der Waals surface area contributed by atoms with E-state index in [1.54, 1.807) is 6.07 Å². The number of anilines is 2. The molecular formula is C21H22N4OU. The molecule has 0 aliphatic carbocycles. The largest absolute Gasteiger partial charge is 2.00 e. The van der Waals surface area contributed by atoms with E-state index in [-0.39, 0.29) is 31.1 Å². The Kier molecular flexibility index (Phi) is 8.67. The molecule has 2 aromatic carbocycles. The molecule has 0 bridgehead atoms. The van der Waals surface area contributed by atoms with Crippen LogP contribution in [0.25, 0.3) is 11.3 Å². The Labute approximate surface area is 184 Å². The molecule has 1 aliphatic rings. The number of nitrogens with two attached hydrogens (primary N) is 1. The van der Waals surface area contributed by atoms with Gasteiger partial charge in [0.05, 0.1) is 13.2 Å². The van der Waals surface area contributed by atoms with Gasteiger partial charge in [-0.3, -0.25) is 0 Å². The van der Waals surface area contributed by atoms with E-state index in [0.29, 0.717) is 25.0 Å². The third-order valence-corrected chi connectivity index (χ3v) is 3.87. The summed E-state index contributed by atoms with van der Waals surface area (Å²) in [4.78, 5) is 11.0. The van der Waals surface area contributed by atoms with E-state index in [1.807, 2.05) is 54.6 Å². The zero-order chi connectivity index (χ0) is 18.2. The molecule has 136 valence electrons. The fourth-order valence-electron chi connectivity index (χ4n) is 2.54. The Hall–Kier alpha value is -2.00. The van der Waals surface area contributed by atoms with Crippen molar-refractivity contribution in [1.82, 2.24) is 9.97 Å². The van der Waals surface area contributed by atoms with Crippen molar-refractivity contribution in [3.63, 3.8) is 0 Å². The van der Waals surface area contributed by atoms with Crippen molar-refractivity contribution in [2.24, 2.45) is 0 Å². The number of benzene rings is 2. The van der Waals surface area contributed by atoms with Crippen molar-refractivity contribution in [2.75, 3.05) is 36.9 Å². The molecule has 0 amide bonds. The standard InChI is InChI=1S/C14H15N4O.C7H7.U/c15-13-10-12(11-4-2-1-3-5-11)16-14(17-13)18-6-8-19-9-7-18;1-7-5-3-2-4-6-7;/h1-2,4-5,10H,6-9H2,(H2,15,16,17);2-6H,1H2;/q2*-1;+2. The number of ether oxygens (including phenoxy) is 1. The number of nitrogens with zero attached hydrogens (tertiary/aromatic N) is 3. The van der Waals surface area contributed by atoms with E-state index in [2.05, 4.69) is 27.9 Å². The molecule has 1 aromatic heterocycles. The van der Waals surface area contributed by atoms with Crippen LogP contribution in [0.3, 0.4) is 0 Å². The first-order chi connectivity index (χ1) is 12.7. The Morgan fingerprint density at radius 1 is 1.04 bits per heavy atom. The Balaban J connectivity index is 0.000000278. The number of hydrogen-bond acceptors (Lipinski definition) is 5. The van der Waals surface area contributed by atoms with E-state index >= 15 is 0 Å². The minimum Gasteiger partial charge on any atom is -0.384 e. The van der Waals surface area contributed by atoms with Crippen LogP contribution in [0.1, 0.15) is 5.56 Å². The van der Waals surface area contributed by atoms with E-state index in [9.17, 15) is 0 Å². The molecule has 0 radical (unpaired) electrons. The molecule has 0 saturated carbocycles. The van der Waals surface area contributed by atoms with Gasteiger partial charge in [0, 0.05) is 18.8 Å². The van der Waals surface area contributed by atoms with Crippen LogP contribution in [0.15, 0.2) is 60.7 Å². The van der Waals surface area contributed by atoms with Gasteiger partial charge in [-0.25, -0.2) is 4.98 Å². The fraction of sp³-hybridized carbons (Fsp3) is 0.190. The molecule has 5 nitrogen and oxygen atoms in total. The second-order valence-electron chi connectivity index (χ2n) is 5.86. The molecular weight excluding hydrogens is 562 g/mol. The van der Waals surface area contributed by atoms with Crippen molar-refractivity contribution >= 4 is 11.8 Å². The summed E-state index contributed by atoms with van der Waals surface area (Å²) in [6.07, 6.45) is 0. The summed E-state index contributed by atoms with van der Waals surface area (Å²) in [5.74, 6) is 1.15. The van der Waals surface area contributed by atoms with Crippen LogP contribution in [0, 0.1) is 44.1 Å². The maximum atomic E-state index is 5.88. The van der Waals surface area contributed by atoms with Gasteiger partial charge in [0.1, 0.15) is 5.82 Å². The van der Waals surface area contributed by atoms with Crippen LogP contribution in [-0.4, -0.2) is 36.3 Å². The maximum absolute atomic E-state index is 5.88. The molecule has 1 aliphatic heterocycles. The molecule has 0 unspecified atom stereocenters. The van der Waals surface area contributed by atoms with Crippen LogP contribution < -0.4 is 10.6 Å².